The largest absolute Gasteiger partial charge is 0.309 e. The number of thiophene rings is 1. The first kappa shape index (κ1) is 35.4. The van der Waals surface area contributed by atoms with Gasteiger partial charge < -0.3 is 4.90 Å². The number of fused-ring (bicyclic) bond motifs is 7. The van der Waals surface area contributed by atoms with Crippen molar-refractivity contribution in [3.05, 3.63) is 259 Å². The first-order valence-corrected chi connectivity index (χ1v) is 21.8. The van der Waals surface area contributed by atoms with E-state index in [9.17, 15) is 0 Å². The van der Waals surface area contributed by atoms with Gasteiger partial charge in [-0.25, -0.2) is 0 Å². The van der Waals surface area contributed by atoms with Crippen LogP contribution in [0.1, 0.15) is 22.3 Å². The van der Waals surface area contributed by atoms with Crippen LogP contribution in [0.15, 0.2) is 237 Å². The zero-order valence-electron chi connectivity index (χ0n) is 33.4. The van der Waals surface area contributed by atoms with Gasteiger partial charge in [0.25, 0.3) is 0 Å². The minimum Gasteiger partial charge on any atom is -0.309 e. The van der Waals surface area contributed by atoms with Crippen LogP contribution in [0.4, 0.5) is 17.1 Å². The van der Waals surface area contributed by atoms with Gasteiger partial charge in [0.1, 0.15) is 0 Å². The third-order valence-corrected chi connectivity index (χ3v) is 13.9. The fraction of sp³-hybridized carbons (Fsp3) is 0.0169. The molecule has 0 saturated heterocycles. The molecule has 0 N–H and O–H groups in total. The van der Waals surface area contributed by atoms with E-state index < -0.39 is 5.41 Å². The molecule has 1 aliphatic carbocycles. The van der Waals surface area contributed by atoms with Crippen molar-refractivity contribution in [2.45, 2.75) is 5.41 Å². The van der Waals surface area contributed by atoms with E-state index in [1.807, 2.05) is 11.3 Å². The van der Waals surface area contributed by atoms with Crippen LogP contribution >= 0.6 is 11.3 Å². The average Bonchev–Trinajstić information content (AvgIpc) is 3.86. The molecule has 0 saturated carbocycles. The number of anilines is 3. The predicted molar refractivity (Wildman–Crippen MR) is 260 cm³/mol. The Morgan fingerprint density at radius 3 is 1.77 bits per heavy atom. The van der Waals surface area contributed by atoms with Crippen molar-refractivity contribution in [1.29, 1.82) is 0 Å². The Labute approximate surface area is 360 Å². The summed E-state index contributed by atoms with van der Waals surface area (Å²) in [5, 5.41) is 5.03. The second kappa shape index (κ2) is 14.3. The van der Waals surface area contributed by atoms with Crippen molar-refractivity contribution < 1.29 is 0 Å². The summed E-state index contributed by atoms with van der Waals surface area (Å²) in [5.74, 6) is 0. The molecule has 0 bridgehead atoms. The van der Waals surface area contributed by atoms with Crippen LogP contribution in [-0.2, 0) is 5.41 Å². The van der Waals surface area contributed by atoms with E-state index in [2.05, 4.69) is 241 Å². The lowest BCUT2D eigenvalue weighted by Gasteiger charge is -2.34. The fourth-order valence-corrected chi connectivity index (χ4v) is 11.1. The molecule has 1 aliphatic rings. The van der Waals surface area contributed by atoms with Gasteiger partial charge in [0, 0.05) is 37.0 Å². The van der Waals surface area contributed by atoms with Gasteiger partial charge in [0.15, 0.2) is 0 Å². The van der Waals surface area contributed by atoms with Crippen LogP contribution in [-0.4, -0.2) is 0 Å². The summed E-state index contributed by atoms with van der Waals surface area (Å²) in [5.41, 5.74) is 15.1. The van der Waals surface area contributed by atoms with Gasteiger partial charge in [-0.2, -0.15) is 0 Å². The minimum absolute atomic E-state index is 0.529. The van der Waals surface area contributed by atoms with Gasteiger partial charge in [0.2, 0.25) is 0 Å². The molecule has 12 rings (SSSR count). The quantitative estimate of drug-likeness (QED) is 0.155. The topological polar surface area (TPSA) is 3.24 Å². The SMILES string of the molecule is c1ccc(-c2ccc(-c3ccc4ccccc4c3)cc2N(c2ccc3sc4ccccc4c3c2)c2cccc3c2-c2ccccc2C3(c2ccccc2)c2ccccc2)cc1. The summed E-state index contributed by atoms with van der Waals surface area (Å²) < 4.78 is 2.59. The van der Waals surface area contributed by atoms with E-state index in [1.165, 1.54) is 86.6 Å². The zero-order valence-corrected chi connectivity index (χ0v) is 34.2. The van der Waals surface area contributed by atoms with Gasteiger partial charge in [-0.05, 0) is 97.7 Å². The van der Waals surface area contributed by atoms with Crippen LogP contribution < -0.4 is 4.90 Å². The molecule has 1 aromatic heterocycles. The third-order valence-electron chi connectivity index (χ3n) is 12.7. The lowest BCUT2D eigenvalue weighted by molar-refractivity contribution is 0.768. The molecule has 1 nitrogen and oxygen atoms in total. The highest BCUT2D eigenvalue weighted by molar-refractivity contribution is 7.25. The molecule has 10 aromatic carbocycles. The summed E-state index contributed by atoms with van der Waals surface area (Å²) >= 11 is 1.86. The van der Waals surface area contributed by atoms with Crippen LogP contribution in [0.5, 0.6) is 0 Å². The van der Waals surface area contributed by atoms with Gasteiger partial charge in [-0.1, -0.05) is 194 Å². The first-order chi connectivity index (χ1) is 30.3. The monoisotopic (exact) mass is 793 g/mol. The Bertz CT molecular complexity index is 3380. The van der Waals surface area contributed by atoms with Crippen molar-refractivity contribution in [3.8, 4) is 33.4 Å². The third kappa shape index (κ3) is 5.60. The second-order valence-electron chi connectivity index (χ2n) is 16.0. The predicted octanol–water partition coefficient (Wildman–Crippen LogP) is 16.4. The molecule has 0 unspecified atom stereocenters. The van der Waals surface area contributed by atoms with Crippen molar-refractivity contribution in [2.24, 2.45) is 0 Å². The van der Waals surface area contributed by atoms with E-state index in [4.69, 9.17) is 0 Å². The Morgan fingerprint density at radius 1 is 0.344 bits per heavy atom. The molecule has 0 amide bonds. The maximum absolute atomic E-state index is 2.56. The maximum atomic E-state index is 2.56. The molecule has 11 aromatic rings. The molecule has 0 atom stereocenters. The van der Waals surface area contributed by atoms with E-state index in [1.54, 1.807) is 0 Å². The van der Waals surface area contributed by atoms with Gasteiger partial charge in [-0.15, -0.1) is 11.3 Å². The zero-order chi connectivity index (χ0) is 40.3. The highest BCUT2D eigenvalue weighted by Crippen LogP contribution is 2.60. The van der Waals surface area contributed by atoms with Crippen molar-refractivity contribution in [3.63, 3.8) is 0 Å². The maximum Gasteiger partial charge on any atom is 0.0714 e. The molecular weight excluding hydrogens is 755 g/mol. The first-order valence-electron chi connectivity index (χ1n) is 21.0. The summed E-state index contributed by atoms with van der Waals surface area (Å²) in [6.45, 7) is 0. The summed E-state index contributed by atoms with van der Waals surface area (Å²) in [6, 6.07) is 87.6. The number of benzene rings is 10. The summed E-state index contributed by atoms with van der Waals surface area (Å²) in [4.78, 5) is 2.56. The standard InChI is InChI=1S/C59H39NS/c1-4-18-41(19-5-1)48-35-33-44(43-32-31-40-17-10-11-20-42(40)37-43)38-55(48)60(47-34-36-57-51(39-47)49-25-13-15-30-56(49)61-57)54-29-16-28-53-58(54)50-26-12-14-27-52(50)59(53,45-21-6-2-7-22-45)46-23-8-3-9-24-46/h1-39H. The molecule has 0 spiro atoms. The second-order valence-corrected chi connectivity index (χ2v) is 17.1. The molecular formula is C59H39NS. The number of hydrogen-bond acceptors (Lipinski definition) is 2. The molecule has 1 heterocycles. The van der Waals surface area contributed by atoms with E-state index in [0.29, 0.717) is 0 Å². The fourth-order valence-electron chi connectivity index (χ4n) is 10.0. The van der Waals surface area contributed by atoms with Crippen LogP contribution in [0.2, 0.25) is 0 Å². The van der Waals surface area contributed by atoms with Gasteiger partial charge >= 0.3 is 0 Å². The van der Waals surface area contributed by atoms with Crippen LogP contribution in [0.3, 0.4) is 0 Å². The van der Waals surface area contributed by atoms with E-state index >= 15 is 0 Å². The van der Waals surface area contributed by atoms with Crippen molar-refractivity contribution >= 4 is 59.3 Å². The molecule has 0 radical (unpaired) electrons. The number of nitrogens with zero attached hydrogens (tertiary/aromatic N) is 1. The van der Waals surface area contributed by atoms with Crippen molar-refractivity contribution in [2.75, 3.05) is 4.90 Å². The number of hydrogen-bond donors (Lipinski definition) is 0. The molecule has 0 fully saturated rings. The number of rotatable bonds is 7. The van der Waals surface area contributed by atoms with Crippen LogP contribution in [0.25, 0.3) is 64.3 Å². The lowest BCUT2D eigenvalue weighted by Crippen LogP contribution is -2.28. The lowest BCUT2D eigenvalue weighted by atomic mass is 9.68. The van der Waals surface area contributed by atoms with Gasteiger partial charge in [0.05, 0.1) is 16.8 Å². The highest BCUT2D eigenvalue weighted by Gasteiger charge is 2.47. The molecule has 286 valence electrons. The highest BCUT2D eigenvalue weighted by atomic mass is 32.1. The normalized spacial score (nSPS) is 12.7. The summed E-state index contributed by atoms with van der Waals surface area (Å²) in [7, 11) is 0. The summed E-state index contributed by atoms with van der Waals surface area (Å²) in [6.07, 6.45) is 0. The molecule has 2 heteroatoms. The Hall–Kier alpha value is -7.52. The van der Waals surface area contributed by atoms with Crippen molar-refractivity contribution in [1.82, 2.24) is 0 Å². The Kier molecular flexibility index (Phi) is 8.33. The minimum atomic E-state index is -0.529. The van der Waals surface area contributed by atoms with E-state index in [0.717, 1.165) is 17.1 Å². The van der Waals surface area contributed by atoms with Crippen LogP contribution in [0, 0.1) is 0 Å². The molecule has 61 heavy (non-hydrogen) atoms. The Balaban J connectivity index is 1.20. The molecule has 0 aliphatic heterocycles. The van der Waals surface area contributed by atoms with Gasteiger partial charge in [-0.3, -0.25) is 0 Å². The smallest absolute Gasteiger partial charge is 0.0714 e. The van der Waals surface area contributed by atoms with E-state index in [-0.39, 0.29) is 0 Å². The Morgan fingerprint density at radius 2 is 0.967 bits per heavy atom. The average molecular weight is 794 g/mol.